The third-order valence-corrected chi connectivity index (χ3v) is 6.34. The van der Waals surface area contributed by atoms with Crippen molar-refractivity contribution in [1.82, 2.24) is 5.32 Å². The molecule has 3 aliphatic rings. The minimum Gasteiger partial charge on any atom is -0.367 e. The molecule has 3 fully saturated rings. The maximum absolute atomic E-state index is 11.6. The van der Waals surface area contributed by atoms with Gasteiger partial charge in [0.2, 0.25) is 5.91 Å². The van der Waals surface area contributed by atoms with E-state index >= 15 is 0 Å². The number of rotatable bonds is 1. The highest BCUT2D eigenvalue weighted by molar-refractivity contribution is 5.73. The summed E-state index contributed by atoms with van der Waals surface area (Å²) in [5.41, 5.74) is 0.127. The Labute approximate surface area is 122 Å². The topological polar surface area (TPSA) is 38.3 Å². The highest BCUT2D eigenvalue weighted by Crippen LogP contribution is 2.64. The van der Waals surface area contributed by atoms with Crippen molar-refractivity contribution in [3.63, 3.8) is 0 Å². The maximum atomic E-state index is 11.6. The lowest BCUT2D eigenvalue weighted by Crippen LogP contribution is -2.67. The molecule has 1 heterocycles. The first kappa shape index (κ1) is 14.4. The molecule has 2 saturated carbocycles. The zero-order valence-corrected chi connectivity index (χ0v) is 13.6. The Hall–Kier alpha value is -0.570. The van der Waals surface area contributed by atoms with Gasteiger partial charge >= 0.3 is 0 Å². The molecule has 1 aliphatic heterocycles. The summed E-state index contributed by atoms with van der Waals surface area (Å²) in [6, 6.07) is 0.151. The fourth-order valence-electron chi connectivity index (χ4n) is 5.96. The summed E-state index contributed by atoms with van der Waals surface area (Å²) in [5, 5.41) is 3.20. The van der Waals surface area contributed by atoms with Crippen molar-refractivity contribution in [2.45, 2.75) is 84.0 Å². The molecule has 0 aromatic rings. The van der Waals surface area contributed by atoms with E-state index < -0.39 is 0 Å². The molecule has 0 spiro atoms. The molecule has 2 aliphatic carbocycles. The highest BCUT2D eigenvalue weighted by Gasteiger charge is 2.64. The Kier molecular flexibility index (Phi) is 3.03. The van der Waals surface area contributed by atoms with Crippen molar-refractivity contribution in [1.29, 1.82) is 0 Å². The van der Waals surface area contributed by atoms with E-state index in [1.165, 1.54) is 32.1 Å². The summed E-state index contributed by atoms with van der Waals surface area (Å²) in [7, 11) is 0. The van der Waals surface area contributed by atoms with Crippen molar-refractivity contribution < 1.29 is 9.53 Å². The average Bonchev–Trinajstić information content (AvgIpc) is 2.62. The lowest BCUT2D eigenvalue weighted by Gasteiger charge is -2.60. The standard InChI is InChI=1S/C17H29NO2/c1-11(19)18-14-12-7-10-16(4)8-6-9-17(5,13(12)16)20-15(14,2)3/h12-14H,6-10H2,1-5H3,(H,18,19)/t12-,13+,14-,16-,17-/m0/s1. The van der Waals surface area contributed by atoms with Gasteiger partial charge in [-0.05, 0) is 63.7 Å². The summed E-state index contributed by atoms with van der Waals surface area (Å²) in [5.74, 6) is 1.23. The van der Waals surface area contributed by atoms with E-state index in [4.69, 9.17) is 4.74 Å². The Morgan fingerprint density at radius 2 is 1.85 bits per heavy atom. The van der Waals surface area contributed by atoms with Crippen LogP contribution in [-0.2, 0) is 9.53 Å². The Morgan fingerprint density at radius 1 is 1.15 bits per heavy atom. The normalized spacial score (nSPS) is 49.5. The number of amides is 1. The quantitative estimate of drug-likeness (QED) is 0.800. The molecule has 3 nitrogen and oxygen atoms in total. The van der Waals surface area contributed by atoms with Crippen LogP contribution in [0.25, 0.3) is 0 Å². The summed E-state index contributed by atoms with van der Waals surface area (Å²) in [6.45, 7) is 10.7. The number of carbonyl (C=O) groups excluding carboxylic acids is 1. The molecule has 1 saturated heterocycles. The zero-order chi connectivity index (χ0) is 14.8. The lowest BCUT2D eigenvalue weighted by atomic mass is 9.57. The maximum Gasteiger partial charge on any atom is 0.217 e. The predicted octanol–water partition coefficient (Wildman–Crippen LogP) is 3.28. The molecular weight excluding hydrogens is 250 g/mol. The van der Waals surface area contributed by atoms with E-state index in [0.717, 1.165) is 0 Å². The molecule has 3 heteroatoms. The minimum absolute atomic E-state index is 0.00731. The molecule has 0 aromatic carbocycles. The molecule has 1 N–H and O–H groups in total. The molecule has 0 radical (unpaired) electrons. The van der Waals surface area contributed by atoms with E-state index in [1.807, 2.05) is 0 Å². The van der Waals surface area contributed by atoms with Gasteiger partial charge in [0.15, 0.2) is 0 Å². The van der Waals surface area contributed by atoms with Crippen molar-refractivity contribution in [2.24, 2.45) is 17.3 Å². The van der Waals surface area contributed by atoms with Gasteiger partial charge in [0, 0.05) is 6.92 Å². The molecule has 0 unspecified atom stereocenters. The summed E-state index contributed by atoms with van der Waals surface area (Å²) in [6.07, 6.45) is 6.28. The van der Waals surface area contributed by atoms with Crippen LogP contribution in [0.5, 0.6) is 0 Å². The number of hydrogen-bond donors (Lipinski definition) is 1. The molecular formula is C17H29NO2. The van der Waals surface area contributed by atoms with Crippen molar-refractivity contribution >= 4 is 5.91 Å². The van der Waals surface area contributed by atoms with Crippen LogP contribution >= 0.6 is 0 Å². The van der Waals surface area contributed by atoms with Gasteiger partial charge in [0.1, 0.15) is 0 Å². The van der Waals surface area contributed by atoms with Gasteiger partial charge in [-0.25, -0.2) is 0 Å². The Bertz CT molecular complexity index is 433. The highest BCUT2D eigenvalue weighted by atomic mass is 16.5. The fraction of sp³-hybridized carbons (Fsp3) is 0.941. The molecule has 1 amide bonds. The summed E-state index contributed by atoms with van der Waals surface area (Å²) in [4.78, 5) is 11.6. The van der Waals surface area contributed by atoms with Crippen LogP contribution in [0.15, 0.2) is 0 Å². The minimum atomic E-state index is -0.274. The molecule has 5 atom stereocenters. The zero-order valence-electron chi connectivity index (χ0n) is 13.6. The van der Waals surface area contributed by atoms with Crippen LogP contribution in [0.1, 0.15) is 66.7 Å². The molecule has 20 heavy (non-hydrogen) atoms. The number of hydrogen-bond acceptors (Lipinski definition) is 2. The lowest BCUT2D eigenvalue weighted by molar-refractivity contribution is -0.252. The van der Waals surface area contributed by atoms with Crippen LogP contribution in [0.2, 0.25) is 0 Å². The van der Waals surface area contributed by atoms with E-state index in [9.17, 15) is 4.79 Å². The monoisotopic (exact) mass is 279 g/mol. The summed E-state index contributed by atoms with van der Waals surface area (Å²) < 4.78 is 6.61. The van der Waals surface area contributed by atoms with Crippen LogP contribution in [0, 0.1) is 17.3 Å². The van der Waals surface area contributed by atoms with Crippen molar-refractivity contribution in [2.75, 3.05) is 0 Å². The van der Waals surface area contributed by atoms with Crippen LogP contribution in [-0.4, -0.2) is 23.2 Å². The van der Waals surface area contributed by atoms with Crippen LogP contribution in [0.3, 0.4) is 0 Å². The summed E-state index contributed by atoms with van der Waals surface area (Å²) >= 11 is 0. The van der Waals surface area contributed by atoms with E-state index in [2.05, 4.69) is 33.0 Å². The largest absolute Gasteiger partial charge is 0.367 e. The van der Waals surface area contributed by atoms with E-state index in [-0.39, 0.29) is 23.2 Å². The predicted molar refractivity (Wildman–Crippen MR) is 79.3 cm³/mol. The molecule has 0 aromatic heterocycles. The van der Waals surface area contributed by atoms with Gasteiger partial charge in [0.25, 0.3) is 0 Å². The number of nitrogens with one attached hydrogen (secondary N) is 1. The fourth-order valence-corrected chi connectivity index (χ4v) is 5.96. The number of carbonyl (C=O) groups is 1. The van der Waals surface area contributed by atoms with E-state index in [0.29, 0.717) is 17.3 Å². The van der Waals surface area contributed by atoms with Crippen molar-refractivity contribution in [3.8, 4) is 0 Å². The third kappa shape index (κ3) is 1.93. The number of ether oxygens (including phenoxy) is 1. The second-order valence-electron chi connectivity index (χ2n) is 8.38. The van der Waals surface area contributed by atoms with Crippen LogP contribution in [0.4, 0.5) is 0 Å². The van der Waals surface area contributed by atoms with Crippen LogP contribution < -0.4 is 5.32 Å². The average molecular weight is 279 g/mol. The van der Waals surface area contributed by atoms with Gasteiger partial charge in [0.05, 0.1) is 17.2 Å². The Morgan fingerprint density at radius 3 is 2.50 bits per heavy atom. The second-order valence-corrected chi connectivity index (χ2v) is 8.38. The van der Waals surface area contributed by atoms with Gasteiger partial charge in [-0.3, -0.25) is 4.79 Å². The van der Waals surface area contributed by atoms with Crippen molar-refractivity contribution in [3.05, 3.63) is 0 Å². The van der Waals surface area contributed by atoms with E-state index in [1.54, 1.807) is 6.92 Å². The molecule has 0 bridgehead atoms. The van der Waals surface area contributed by atoms with Gasteiger partial charge in [-0.15, -0.1) is 0 Å². The first-order chi connectivity index (χ1) is 9.18. The Balaban J connectivity index is 2.00. The second kappa shape index (κ2) is 4.22. The van der Waals surface area contributed by atoms with Gasteiger partial charge in [-0.2, -0.15) is 0 Å². The van der Waals surface area contributed by atoms with Gasteiger partial charge in [-0.1, -0.05) is 13.3 Å². The molecule has 114 valence electrons. The molecule has 3 rings (SSSR count). The smallest absolute Gasteiger partial charge is 0.217 e. The first-order valence-corrected chi connectivity index (χ1v) is 8.15. The SMILES string of the molecule is CC(=O)N[C@H]1[C@H]2CC[C@]3(C)CCC[C@](C)(OC1(C)C)[C@H]23. The first-order valence-electron chi connectivity index (χ1n) is 8.15. The van der Waals surface area contributed by atoms with Gasteiger partial charge < -0.3 is 10.1 Å². The third-order valence-electron chi connectivity index (χ3n) is 6.34.